The van der Waals surface area contributed by atoms with Gasteiger partial charge in [0.1, 0.15) is 0 Å². The number of hydrogen-bond acceptors (Lipinski definition) is 3. The summed E-state index contributed by atoms with van der Waals surface area (Å²) in [5, 5.41) is 3.37. The molecule has 1 heterocycles. The fourth-order valence-electron chi connectivity index (χ4n) is 2.97. The Hall–Kier alpha value is -1.12. The molecule has 0 bridgehead atoms. The van der Waals surface area contributed by atoms with Gasteiger partial charge in [0.25, 0.3) is 0 Å². The second kappa shape index (κ2) is 8.49. The van der Waals surface area contributed by atoms with Gasteiger partial charge in [-0.15, -0.1) is 0 Å². The summed E-state index contributed by atoms with van der Waals surface area (Å²) in [6.07, 6.45) is 1.22. The summed E-state index contributed by atoms with van der Waals surface area (Å²) in [6, 6.07) is 11.4. The van der Waals surface area contributed by atoms with Crippen molar-refractivity contribution in [2.45, 2.75) is 17.7 Å². The molecule has 0 aliphatic carbocycles. The summed E-state index contributed by atoms with van der Waals surface area (Å²) in [6.45, 7) is 0.516. The highest BCUT2D eigenvalue weighted by molar-refractivity contribution is 9.10. The molecule has 0 saturated carbocycles. The molecule has 5 nitrogen and oxygen atoms in total. The van der Waals surface area contributed by atoms with E-state index in [1.54, 1.807) is 42.5 Å². The molecule has 1 atom stereocenters. The molecule has 0 radical (unpaired) electrons. The Balaban J connectivity index is 1.74. The molecule has 2 aromatic carbocycles. The monoisotopic (exact) mass is 490 g/mol. The molecule has 1 aliphatic heterocycles. The minimum Gasteiger partial charge on any atom is -0.324 e. The number of piperidine rings is 1. The summed E-state index contributed by atoms with van der Waals surface area (Å²) >= 11 is 15.4. The molecule has 1 N–H and O–H groups in total. The Bertz CT molecular complexity index is 952. The minimum atomic E-state index is -3.65. The van der Waals surface area contributed by atoms with Crippen LogP contribution in [0.2, 0.25) is 10.0 Å². The zero-order valence-corrected chi connectivity index (χ0v) is 18.1. The van der Waals surface area contributed by atoms with Gasteiger partial charge in [0.05, 0.1) is 26.5 Å². The summed E-state index contributed by atoms with van der Waals surface area (Å²) in [5.41, 5.74) is 0.419. The number of hydrogen-bond donors (Lipinski definition) is 1. The highest BCUT2D eigenvalue weighted by Crippen LogP contribution is 2.31. The third-order valence-corrected chi connectivity index (χ3v) is 7.64. The molecule has 1 amide bonds. The Morgan fingerprint density at radius 3 is 2.56 bits per heavy atom. The lowest BCUT2D eigenvalue weighted by Crippen LogP contribution is -2.43. The van der Waals surface area contributed by atoms with E-state index in [-0.39, 0.29) is 22.4 Å². The summed E-state index contributed by atoms with van der Waals surface area (Å²) in [7, 11) is -3.65. The van der Waals surface area contributed by atoms with Crippen LogP contribution in [-0.2, 0) is 14.8 Å². The number of halogens is 3. The standard InChI is InChI=1S/C18H17BrCl2N2O3S/c19-13-6-8-14(9-7-13)27(25,26)23-10-2-3-12(11-23)18(24)22-16-5-1-4-15(20)17(16)21/h1,4-9,12H,2-3,10-11H2,(H,22,24). The van der Waals surface area contributed by atoms with Crippen molar-refractivity contribution in [2.24, 2.45) is 5.92 Å². The molecule has 1 fully saturated rings. The predicted molar refractivity (Wildman–Crippen MR) is 111 cm³/mol. The third-order valence-electron chi connectivity index (χ3n) is 4.42. The van der Waals surface area contributed by atoms with Crippen molar-refractivity contribution in [3.05, 3.63) is 57.0 Å². The van der Waals surface area contributed by atoms with Gasteiger partial charge in [0.15, 0.2) is 0 Å². The number of nitrogens with one attached hydrogen (secondary N) is 1. The fourth-order valence-corrected chi connectivity index (χ4v) is 5.10. The molecule has 1 unspecified atom stereocenters. The first-order valence-corrected chi connectivity index (χ1v) is 11.3. The van der Waals surface area contributed by atoms with Crippen molar-refractivity contribution < 1.29 is 13.2 Å². The Kier molecular flexibility index (Phi) is 6.48. The molecule has 9 heteroatoms. The highest BCUT2D eigenvalue weighted by Gasteiger charge is 2.33. The summed E-state index contributed by atoms with van der Waals surface area (Å²) in [4.78, 5) is 12.9. The first-order valence-electron chi connectivity index (χ1n) is 8.29. The number of amides is 1. The van der Waals surface area contributed by atoms with Crippen molar-refractivity contribution in [1.29, 1.82) is 0 Å². The molecule has 2 aromatic rings. The lowest BCUT2D eigenvalue weighted by Gasteiger charge is -2.31. The zero-order valence-electron chi connectivity index (χ0n) is 14.2. The van der Waals surface area contributed by atoms with Gasteiger partial charge in [0.2, 0.25) is 15.9 Å². The van der Waals surface area contributed by atoms with Crippen LogP contribution in [-0.4, -0.2) is 31.7 Å². The molecule has 0 spiro atoms. The van der Waals surface area contributed by atoms with Gasteiger partial charge in [-0.2, -0.15) is 4.31 Å². The van der Waals surface area contributed by atoms with E-state index in [2.05, 4.69) is 21.2 Å². The van der Waals surface area contributed by atoms with E-state index in [0.717, 1.165) is 4.47 Å². The van der Waals surface area contributed by atoms with Crippen LogP contribution in [0.25, 0.3) is 0 Å². The molecular formula is C18H17BrCl2N2O3S. The van der Waals surface area contributed by atoms with Crippen LogP contribution in [0.15, 0.2) is 51.8 Å². The zero-order chi connectivity index (χ0) is 19.6. The number of carbonyl (C=O) groups excluding carboxylic acids is 1. The van der Waals surface area contributed by atoms with Crippen LogP contribution in [0.1, 0.15) is 12.8 Å². The van der Waals surface area contributed by atoms with E-state index in [0.29, 0.717) is 30.1 Å². The van der Waals surface area contributed by atoms with Crippen molar-refractivity contribution in [3.63, 3.8) is 0 Å². The first kappa shape index (κ1) is 20.6. The maximum Gasteiger partial charge on any atom is 0.243 e. The smallest absolute Gasteiger partial charge is 0.243 e. The van der Waals surface area contributed by atoms with Crippen molar-refractivity contribution >= 4 is 60.7 Å². The maximum atomic E-state index is 12.9. The predicted octanol–water partition coefficient (Wildman–Crippen LogP) is 4.80. The summed E-state index contributed by atoms with van der Waals surface area (Å²) < 4.78 is 27.9. The fraction of sp³-hybridized carbons (Fsp3) is 0.278. The number of nitrogens with zero attached hydrogens (tertiary/aromatic N) is 1. The average molecular weight is 492 g/mol. The largest absolute Gasteiger partial charge is 0.324 e. The number of benzene rings is 2. The van der Waals surface area contributed by atoms with Gasteiger partial charge in [-0.3, -0.25) is 4.79 Å². The maximum absolute atomic E-state index is 12.9. The van der Waals surface area contributed by atoms with E-state index in [1.165, 1.54) is 4.31 Å². The first-order chi connectivity index (χ1) is 12.8. The second-order valence-electron chi connectivity index (χ2n) is 6.25. The molecule has 1 saturated heterocycles. The minimum absolute atomic E-state index is 0.127. The molecule has 0 aromatic heterocycles. The summed E-state index contributed by atoms with van der Waals surface area (Å²) in [5.74, 6) is -0.728. The van der Waals surface area contributed by atoms with Crippen molar-refractivity contribution in [2.75, 3.05) is 18.4 Å². The van der Waals surface area contributed by atoms with Gasteiger partial charge in [-0.25, -0.2) is 8.42 Å². The quantitative estimate of drug-likeness (QED) is 0.668. The Labute approximate surface area is 176 Å². The molecule has 27 heavy (non-hydrogen) atoms. The number of rotatable bonds is 4. The van der Waals surface area contributed by atoms with Gasteiger partial charge < -0.3 is 5.32 Å². The SMILES string of the molecule is O=C(Nc1cccc(Cl)c1Cl)C1CCCN(S(=O)(=O)c2ccc(Br)cc2)C1. The number of sulfonamides is 1. The Morgan fingerprint density at radius 1 is 1.15 bits per heavy atom. The lowest BCUT2D eigenvalue weighted by atomic mass is 9.99. The van der Waals surface area contributed by atoms with Crippen LogP contribution in [0.5, 0.6) is 0 Å². The van der Waals surface area contributed by atoms with Gasteiger partial charge >= 0.3 is 0 Å². The van der Waals surface area contributed by atoms with Gasteiger partial charge in [0, 0.05) is 17.6 Å². The van der Waals surface area contributed by atoms with Gasteiger partial charge in [-0.05, 0) is 49.2 Å². The normalized spacial score (nSPS) is 18.3. The van der Waals surface area contributed by atoms with Crippen LogP contribution in [0, 0.1) is 5.92 Å². The van der Waals surface area contributed by atoms with E-state index < -0.39 is 15.9 Å². The van der Waals surface area contributed by atoms with Crippen LogP contribution in [0.3, 0.4) is 0 Å². The molecule has 1 aliphatic rings. The van der Waals surface area contributed by atoms with Crippen LogP contribution in [0.4, 0.5) is 5.69 Å². The van der Waals surface area contributed by atoms with Crippen molar-refractivity contribution in [3.8, 4) is 0 Å². The molecule has 144 valence electrons. The molecular weight excluding hydrogens is 475 g/mol. The van der Waals surface area contributed by atoms with Crippen molar-refractivity contribution in [1.82, 2.24) is 4.31 Å². The highest BCUT2D eigenvalue weighted by atomic mass is 79.9. The van der Waals surface area contributed by atoms with Gasteiger partial charge in [-0.1, -0.05) is 45.2 Å². The third kappa shape index (κ3) is 4.66. The second-order valence-corrected chi connectivity index (χ2v) is 9.89. The van der Waals surface area contributed by atoms with E-state index >= 15 is 0 Å². The van der Waals surface area contributed by atoms with Crippen LogP contribution < -0.4 is 5.32 Å². The Morgan fingerprint density at radius 2 is 1.85 bits per heavy atom. The van der Waals surface area contributed by atoms with E-state index in [4.69, 9.17) is 23.2 Å². The van der Waals surface area contributed by atoms with Crippen LogP contribution >= 0.6 is 39.1 Å². The van der Waals surface area contributed by atoms with E-state index in [9.17, 15) is 13.2 Å². The average Bonchev–Trinajstić information content (AvgIpc) is 2.66. The molecule has 3 rings (SSSR count). The van der Waals surface area contributed by atoms with E-state index in [1.807, 2.05) is 0 Å². The topological polar surface area (TPSA) is 66.5 Å². The number of anilines is 1. The lowest BCUT2D eigenvalue weighted by molar-refractivity contribution is -0.120. The number of carbonyl (C=O) groups is 1.